The largest absolute Gasteiger partial charge is 0.352 e. The minimum Gasteiger partial charge on any atom is -0.352 e. The van der Waals surface area contributed by atoms with E-state index in [-0.39, 0.29) is 36.0 Å². The zero-order valence-corrected chi connectivity index (χ0v) is 21.7. The molecule has 0 radical (unpaired) electrons. The highest BCUT2D eigenvalue weighted by Gasteiger charge is 2.31. The summed E-state index contributed by atoms with van der Waals surface area (Å²) in [4.78, 5) is 28.2. The molecule has 8 heteroatoms. The number of thioether (sulfide) groups is 1. The van der Waals surface area contributed by atoms with Gasteiger partial charge in [0.25, 0.3) is 0 Å². The standard InChI is InChI=1S/C26H31Cl2FN2O2S/c1-2-24(26(33)30-19-10-4-3-5-11-19)31(15-20-21(27)12-8-13-22(20)28)25(32)17-34-16-18-9-6-7-14-23(18)29/h6-9,12-14,19,24H,2-5,10-11,15-17H2,1H3,(H,30,33)/t24-/m0/s1. The van der Waals surface area contributed by atoms with Crippen LogP contribution in [0, 0.1) is 5.82 Å². The fraction of sp³-hybridized carbons (Fsp3) is 0.462. The van der Waals surface area contributed by atoms with Crippen LogP contribution in [0.15, 0.2) is 42.5 Å². The van der Waals surface area contributed by atoms with Crippen molar-refractivity contribution < 1.29 is 14.0 Å². The van der Waals surface area contributed by atoms with Crippen molar-refractivity contribution in [3.63, 3.8) is 0 Å². The minimum absolute atomic E-state index is 0.115. The Kier molecular flexibility index (Phi) is 10.5. The zero-order chi connectivity index (χ0) is 24.5. The maximum absolute atomic E-state index is 14.0. The van der Waals surface area contributed by atoms with Crippen molar-refractivity contribution >= 4 is 46.8 Å². The van der Waals surface area contributed by atoms with E-state index in [0.717, 1.165) is 25.7 Å². The molecule has 34 heavy (non-hydrogen) atoms. The van der Waals surface area contributed by atoms with E-state index in [0.29, 0.717) is 33.3 Å². The van der Waals surface area contributed by atoms with E-state index < -0.39 is 6.04 Å². The first-order chi connectivity index (χ1) is 16.4. The van der Waals surface area contributed by atoms with Gasteiger partial charge in [-0.2, -0.15) is 0 Å². The number of benzene rings is 2. The monoisotopic (exact) mass is 524 g/mol. The maximum Gasteiger partial charge on any atom is 0.243 e. The second-order valence-corrected chi connectivity index (χ2v) is 10.4. The van der Waals surface area contributed by atoms with Crippen LogP contribution in [-0.2, 0) is 21.9 Å². The van der Waals surface area contributed by atoms with Crippen LogP contribution in [0.5, 0.6) is 0 Å². The molecule has 3 rings (SSSR count). The third-order valence-corrected chi connectivity index (χ3v) is 7.84. The quantitative estimate of drug-likeness (QED) is 0.379. The van der Waals surface area contributed by atoms with E-state index in [9.17, 15) is 14.0 Å². The second kappa shape index (κ2) is 13.4. The summed E-state index contributed by atoms with van der Waals surface area (Å²) in [6, 6.07) is 11.2. The van der Waals surface area contributed by atoms with Gasteiger partial charge in [0.1, 0.15) is 11.9 Å². The van der Waals surface area contributed by atoms with Crippen LogP contribution >= 0.6 is 35.0 Å². The third kappa shape index (κ3) is 7.37. The molecular formula is C26H31Cl2FN2O2S. The average Bonchev–Trinajstić information content (AvgIpc) is 2.82. The molecule has 1 aliphatic carbocycles. The van der Waals surface area contributed by atoms with Crippen molar-refractivity contribution in [2.75, 3.05) is 5.75 Å². The Morgan fingerprint density at radius 1 is 1.09 bits per heavy atom. The van der Waals surface area contributed by atoms with Gasteiger partial charge in [0, 0.05) is 33.9 Å². The Morgan fingerprint density at radius 2 is 1.76 bits per heavy atom. The van der Waals surface area contributed by atoms with Crippen molar-refractivity contribution in [1.29, 1.82) is 0 Å². The first-order valence-corrected chi connectivity index (χ1v) is 13.7. The molecule has 2 aromatic rings. The molecule has 4 nitrogen and oxygen atoms in total. The van der Waals surface area contributed by atoms with Gasteiger partial charge in [-0.15, -0.1) is 11.8 Å². The van der Waals surface area contributed by atoms with Gasteiger partial charge < -0.3 is 10.2 Å². The molecular weight excluding hydrogens is 494 g/mol. The summed E-state index contributed by atoms with van der Waals surface area (Å²) in [6.45, 7) is 2.03. The van der Waals surface area contributed by atoms with Crippen LogP contribution in [0.4, 0.5) is 4.39 Å². The van der Waals surface area contributed by atoms with Crippen LogP contribution in [0.25, 0.3) is 0 Å². The molecule has 1 fully saturated rings. The molecule has 1 N–H and O–H groups in total. The minimum atomic E-state index is -0.643. The molecule has 2 aromatic carbocycles. The Labute approximate surface area is 215 Å². The molecule has 0 aliphatic heterocycles. The number of nitrogens with zero attached hydrogens (tertiary/aromatic N) is 1. The Balaban J connectivity index is 1.76. The van der Waals surface area contributed by atoms with Gasteiger partial charge in [0.2, 0.25) is 11.8 Å². The van der Waals surface area contributed by atoms with Crippen molar-refractivity contribution in [3.05, 3.63) is 69.5 Å². The van der Waals surface area contributed by atoms with Crippen LogP contribution in [-0.4, -0.2) is 34.6 Å². The number of nitrogens with one attached hydrogen (secondary N) is 1. The van der Waals surface area contributed by atoms with Gasteiger partial charge in [0.15, 0.2) is 0 Å². The van der Waals surface area contributed by atoms with Gasteiger partial charge >= 0.3 is 0 Å². The molecule has 184 valence electrons. The van der Waals surface area contributed by atoms with Crippen molar-refractivity contribution in [2.45, 2.75) is 69.8 Å². The first kappa shape index (κ1) is 26.8. The fourth-order valence-corrected chi connectivity index (χ4v) is 5.68. The van der Waals surface area contributed by atoms with E-state index >= 15 is 0 Å². The summed E-state index contributed by atoms with van der Waals surface area (Å²) >= 11 is 14.1. The lowest BCUT2D eigenvalue weighted by molar-refractivity contribution is -0.139. The second-order valence-electron chi connectivity index (χ2n) is 8.57. The van der Waals surface area contributed by atoms with Gasteiger partial charge in [-0.3, -0.25) is 9.59 Å². The molecule has 0 unspecified atom stereocenters. The van der Waals surface area contributed by atoms with Gasteiger partial charge in [0.05, 0.1) is 5.75 Å². The highest BCUT2D eigenvalue weighted by atomic mass is 35.5. The van der Waals surface area contributed by atoms with Crippen molar-refractivity contribution in [2.24, 2.45) is 0 Å². The van der Waals surface area contributed by atoms with Crippen LogP contribution < -0.4 is 5.32 Å². The van der Waals surface area contributed by atoms with Crippen LogP contribution in [0.3, 0.4) is 0 Å². The van der Waals surface area contributed by atoms with Crippen LogP contribution in [0.2, 0.25) is 10.0 Å². The average molecular weight is 526 g/mol. The number of hydrogen-bond acceptors (Lipinski definition) is 3. The summed E-state index contributed by atoms with van der Waals surface area (Å²) in [5.41, 5.74) is 1.16. The normalized spacial score (nSPS) is 15.1. The first-order valence-electron chi connectivity index (χ1n) is 11.7. The SMILES string of the molecule is CC[C@@H](C(=O)NC1CCCCC1)N(Cc1c(Cl)cccc1Cl)C(=O)CSCc1ccccc1F. The van der Waals surface area contributed by atoms with E-state index in [1.54, 1.807) is 41.3 Å². The number of halogens is 3. The molecule has 0 spiro atoms. The van der Waals surface area contributed by atoms with Crippen molar-refractivity contribution in [1.82, 2.24) is 10.2 Å². The lowest BCUT2D eigenvalue weighted by Gasteiger charge is -2.33. The molecule has 0 heterocycles. The van der Waals surface area contributed by atoms with Gasteiger partial charge in [-0.25, -0.2) is 4.39 Å². The van der Waals surface area contributed by atoms with E-state index in [4.69, 9.17) is 23.2 Å². The topological polar surface area (TPSA) is 49.4 Å². The highest BCUT2D eigenvalue weighted by molar-refractivity contribution is 7.99. The van der Waals surface area contributed by atoms with Crippen LogP contribution in [0.1, 0.15) is 56.6 Å². The molecule has 1 atom stereocenters. The number of carbonyl (C=O) groups is 2. The Hall–Kier alpha value is -1.76. The van der Waals surface area contributed by atoms with E-state index in [1.807, 2.05) is 6.92 Å². The molecule has 1 aliphatic rings. The zero-order valence-electron chi connectivity index (χ0n) is 19.4. The number of carbonyl (C=O) groups excluding carboxylic acids is 2. The van der Waals surface area contributed by atoms with Crippen molar-refractivity contribution in [3.8, 4) is 0 Å². The summed E-state index contributed by atoms with van der Waals surface area (Å²) < 4.78 is 14.0. The predicted molar refractivity (Wildman–Crippen MR) is 139 cm³/mol. The third-order valence-electron chi connectivity index (χ3n) is 6.17. The lowest BCUT2D eigenvalue weighted by atomic mass is 9.95. The van der Waals surface area contributed by atoms with E-state index in [1.165, 1.54) is 24.2 Å². The Bertz CT molecular complexity index is 965. The summed E-state index contributed by atoms with van der Waals surface area (Å²) in [5.74, 6) is -0.165. The summed E-state index contributed by atoms with van der Waals surface area (Å²) in [7, 11) is 0. The predicted octanol–water partition coefficient (Wildman–Crippen LogP) is 6.62. The molecule has 0 aromatic heterocycles. The summed E-state index contributed by atoms with van der Waals surface area (Å²) in [6.07, 6.45) is 5.79. The molecule has 2 amide bonds. The van der Waals surface area contributed by atoms with Gasteiger partial charge in [-0.1, -0.05) is 73.7 Å². The Morgan fingerprint density at radius 3 is 2.41 bits per heavy atom. The molecule has 0 bridgehead atoms. The maximum atomic E-state index is 14.0. The molecule has 0 saturated heterocycles. The number of amides is 2. The smallest absolute Gasteiger partial charge is 0.243 e. The number of hydrogen-bond donors (Lipinski definition) is 1. The molecule has 1 saturated carbocycles. The van der Waals surface area contributed by atoms with Gasteiger partial charge in [-0.05, 0) is 43.0 Å². The van der Waals surface area contributed by atoms with E-state index in [2.05, 4.69) is 5.32 Å². The number of rotatable bonds is 10. The highest BCUT2D eigenvalue weighted by Crippen LogP contribution is 2.28. The summed E-state index contributed by atoms with van der Waals surface area (Å²) in [5, 5.41) is 4.06. The fourth-order valence-electron chi connectivity index (χ4n) is 4.26. The lowest BCUT2D eigenvalue weighted by Crippen LogP contribution is -2.52.